The average molecular weight is 639 g/mol. The zero-order chi connectivity index (χ0) is 32.6. The van der Waals surface area contributed by atoms with Gasteiger partial charge in [-0.15, -0.1) is 0 Å². The lowest BCUT2D eigenvalue weighted by Gasteiger charge is -2.33. The van der Waals surface area contributed by atoms with E-state index in [0.29, 0.717) is 5.56 Å². The Morgan fingerprint density at radius 1 is 0.761 bits per heavy atom. The molecule has 1 N–H and O–H groups in total. The van der Waals surface area contributed by atoms with E-state index < -0.39 is 5.97 Å². The van der Waals surface area contributed by atoms with Gasteiger partial charge in [-0.3, -0.25) is 0 Å². The lowest BCUT2D eigenvalue weighted by molar-refractivity contribution is -0.132. The predicted molar refractivity (Wildman–Crippen MR) is 192 cm³/mol. The summed E-state index contributed by atoms with van der Waals surface area (Å²) in [7, 11) is 0. The number of hydrogen-bond acceptors (Lipinski definition) is 5. The van der Waals surface area contributed by atoms with Crippen molar-refractivity contribution in [3.63, 3.8) is 0 Å². The number of benzene rings is 3. The van der Waals surface area contributed by atoms with Crippen molar-refractivity contribution in [2.45, 2.75) is 114 Å². The summed E-state index contributed by atoms with van der Waals surface area (Å²) in [5.74, 6) is -0.304. The van der Waals surface area contributed by atoms with E-state index in [1.54, 1.807) is 17.8 Å². The Morgan fingerprint density at radius 3 is 1.96 bits per heavy atom. The lowest BCUT2D eigenvalue weighted by atomic mass is 10.0. The standard InChI is InChI=1S/C40H50N2O3S/c1-3-5-7-9-10-11-12-13-14-15-25-42-36-23-17-31(27-34(30-41)40(43)44)28-38(36)46-39-29-33(20-24-37(39)42)32-18-21-35(22-19-32)45-26-16-8-6-4-2/h17-24,27-29H,3-16,25-26H2,1-2H3,(H,43,44)/b34-27-. The number of carbonyl (C=O) groups is 1. The molecule has 0 unspecified atom stereocenters. The van der Waals surface area contributed by atoms with Gasteiger partial charge in [-0.2, -0.15) is 5.26 Å². The maximum absolute atomic E-state index is 11.5. The van der Waals surface area contributed by atoms with Gasteiger partial charge in [0.25, 0.3) is 0 Å². The monoisotopic (exact) mass is 638 g/mol. The minimum Gasteiger partial charge on any atom is -0.494 e. The van der Waals surface area contributed by atoms with Gasteiger partial charge < -0.3 is 14.7 Å². The molecule has 0 spiro atoms. The van der Waals surface area contributed by atoms with Gasteiger partial charge in [0.15, 0.2) is 0 Å². The van der Waals surface area contributed by atoms with Crippen molar-refractivity contribution in [1.82, 2.24) is 0 Å². The summed E-state index contributed by atoms with van der Waals surface area (Å²) in [5, 5.41) is 18.7. The summed E-state index contributed by atoms with van der Waals surface area (Å²) in [6.45, 7) is 6.16. The summed E-state index contributed by atoms with van der Waals surface area (Å²) in [6, 6.07) is 22.9. The summed E-state index contributed by atoms with van der Waals surface area (Å²) < 4.78 is 5.96. The van der Waals surface area contributed by atoms with Crippen LogP contribution in [0.15, 0.2) is 76.0 Å². The van der Waals surface area contributed by atoms with Gasteiger partial charge in [-0.05, 0) is 72.0 Å². The number of anilines is 2. The number of carboxylic acid groups (broad SMARTS) is 1. The summed E-state index contributed by atoms with van der Waals surface area (Å²) in [6.07, 6.45) is 19.2. The molecule has 0 atom stereocenters. The molecule has 0 amide bonds. The quantitative estimate of drug-likeness (QED) is 0.0754. The molecule has 46 heavy (non-hydrogen) atoms. The van der Waals surface area contributed by atoms with E-state index in [4.69, 9.17) is 4.74 Å². The second-order valence-corrected chi connectivity index (χ2v) is 13.3. The van der Waals surface area contributed by atoms with Crippen LogP contribution in [0.1, 0.15) is 109 Å². The normalized spacial score (nSPS) is 12.4. The number of fused-ring (bicyclic) bond motifs is 2. The molecule has 6 heteroatoms. The topological polar surface area (TPSA) is 73.6 Å². The molecular weight excluding hydrogens is 589 g/mol. The molecule has 3 aromatic carbocycles. The van der Waals surface area contributed by atoms with Crippen molar-refractivity contribution in [3.05, 3.63) is 71.8 Å². The molecule has 0 fully saturated rings. The molecular formula is C40H50N2O3S. The van der Waals surface area contributed by atoms with Gasteiger partial charge in [-0.1, -0.05) is 127 Å². The minimum atomic E-state index is -1.21. The van der Waals surface area contributed by atoms with Gasteiger partial charge in [0.2, 0.25) is 0 Å². The van der Waals surface area contributed by atoms with E-state index in [-0.39, 0.29) is 5.57 Å². The van der Waals surface area contributed by atoms with Crippen LogP contribution in [0.25, 0.3) is 17.2 Å². The molecule has 0 radical (unpaired) electrons. The van der Waals surface area contributed by atoms with E-state index in [9.17, 15) is 15.2 Å². The molecule has 0 bridgehead atoms. The first-order valence-electron chi connectivity index (χ1n) is 17.4. The van der Waals surface area contributed by atoms with Crippen LogP contribution < -0.4 is 9.64 Å². The van der Waals surface area contributed by atoms with Crippen LogP contribution in [0.4, 0.5) is 11.4 Å². The Labute approximate surface area is 280 Å². The molecule has 0 aliphatic carbocycles. The zero-order valence-corrected chi connectivity index (χ0v) is 28.5. The second kappa shape index (κ2) is 19.1. The van der Waals surface area contributed by atoms with Crippen molar-refractivity contribution in [2.24, 2.45) is 0 Å². The molecule has 5 nitrogen and oxygen atoms in total. The van der Waals surface area contributed by atoms with E-state index in [1.165, 1.54) is 93.7 Å². The van der Waals surface area contributed by atoms with Gasteiger partial charge in [0, 0.05) is 16.3 Å². The van der Waals surface area contributed by atoms with E-state index in [2.05, 4.69) is 67.3 Å². The minimum absolute atomic E-state index is 0.265. The van der Waals surface area contributed by atoms with Gasteiger partial charge in [0.05, 0.1) is 18.0 Å². The molecule has 1 aliphatic heterocycles. The third-order valence-corrected chi connectivity index (χ3v) is 9.69. The molecule has 1 aliphatic rings. The summed E-state index contributed by atoms with van der Waals surface area (Å²) in [5.41, 5.74) is 5.08. The van der Waals surface area contributed by atoms with Crippen LogP contribution >= 0.6 is 11.8 Å². The number of rotatable bonds is 20. The number of nitriles is 1. The van der Waals surface area contributed by atoms with Crippen molar-refractivity contribution in [2.75, 3.05) is 18.1 Å². The predicted octanol–water partition coefficient (Wildman–Crippen LogP) is 11.8. The Morgan fingerprint density at radius 2 is 1.33 bits per heavy atom. The first-order chi connectivity index (χ1) is 22.5. The Balaban J connectivity index is 1.48. The molecule has 244 valence electrons. The fraction of sp³-hybridized carbons (Fsp3) is 0.450. The lowest BCUT2D eigenvalue weighted by Crippen LogP contribution is -2.22. The SMILES string of the molecule is CCCCCCCCCCCCN1c2ccc(/C=C(/C#N)C(=O)O)cc2Sc2cc(-c3ccc(OCCCCCC)cc3)ccc21. The van der Waals surface area contributed by atoms with Crippen LogP contribution in [-0.4, -0.2) is 24.2 Å². The average Bonchev–Trinajstić information content (AvgIpc) is 3.07. The first-order valence-corrected chi connectivity index (χ1v) is 18.2. The Hall–Kier alpha value is -3.69. The summed E-state index contributed by atoms with van der Waals surface area (Å²) >= 11 is 1.71. The summed E-state index contributed by atoms with van der Waals surface area (Å²) in [4.78, 5) is 16.1. The van der Waals surface area contributed by atoms with Crippen LogP contribution in [0.5, 0.6) is 5.75 Å². The number of hydrogen-bond donors (Lipinski definition) is 1. The fourth-order valence-corrected chi connectivity index (χ4v) is 7.12. The third kappa shape index (κ3) is 10.4. The van der Waals surface area contributed by atoms with Gasteiger partial charge in [-0.25, -0.2) is 4.79 Å². The Bertz CT molecular complexity index is 1470. The van der Waals surface area contributed by atoms with E-state index >= 15 is 0 Å². The maximum atomic E-state index is 11.5. The fourth-order valence-electron chi connectivity index (χ4n) is 5.94. The van der Waals surface area contributed by atoms with E-state index in [0.717, 1.165) is 53.5 Å². The molecule has 1 heterocycles. The number of aliphatic carboxylic acids is 1. The van der Waals surface area contributed by atoms with Crippen LogP contribution in [-0.2, 0) is 4.79 Å². The maximum Gasteiger partial charge on any atom is 0.346 e. The number of carboxylic acids is 1. The Kier molecular flexibility index (Phi) is 14.6. The highest BCUT2D eigenvalue weighted by molar-refractivity contribution is 7.99. The second-order valence-electron chi connectivity index (χ2n) is 12.3. The third-order valence-electron chi connectivity index (χ3n) is 8.60. The van der Waals surface area contributed by atoms with Crippen LogP contribution in [0, 0.1) is 11.3 Å². The van der Waals surface area contributed by atoms with Crippen LogP contribution in [0.2, 0.25) is 0 Å². The molecule has 0 saturated heterocycles. The number of nitrogens with zero attached hydrogens (tertiary/aromatic N) is 2. The first kappa shape index (κ1) is 35.2. The number of unbranched alkanes of at least 4 members (excludes halogenated alkanes) is 12. The van der Waals surface area contributed by atoms with Crippen LogP contribution in [0.3, 0.4) is 0 Å². The highest BCUT2D eigenvalue weighted by Gasteiger charge is 2.24. The smallest absolute Gasteiger partial charge is 0.346 e. The zero-order valence-electron chi connectivity index (χ0n) is 27.7. The van der Waals surface area contributed by atoms with Crippen molar-refractivity contribution < 1.29 is 14.6 Å². The van der Waals surface area contributed by atoms with Crippen molar-refractivity contribution in [1.29, 1.82) is 5.26 Å². The highest BCUT2D eigenvalue weighted by atomic mass is 32.2. The largest absolute Gasteiger partial charge is 0.494 e. The van der Waals surface area contributed by atoms with Gasteiger partial charge in [0.1, 0.15) is 17.4 Å². The van der Waals surface area contributed by atoms with Crippen molar-refractivity contribution in [3.8, 4) is 22.9 Å². The van der Waals surface area contributed by atoms with Crippen molar-refractivity contribution >= 4 is 35.2 Å². The molecule has 0 aromatic heterocycles. The molecule has 3 aromatic rings. The molecule has 0 saturated carbocycles. The highest BCUT2D eigenvalue weighted by Crippen LogP contribution is 2.49. The van der Waals surface area contributed by atoms with E-state index in [1.807, 2.05) is 12.1 Å². The molecule has 4 rings (SSSR count). The number of ether oxygens (including phenoxy) is 1. The van der Waals surface area contributed by atoms with Gasteiger partial charge >= 0.3 is 5.97 Å².